The molecule has 0 aliphatic carbocycles. The number of benzene rings is 1. The van der Waals surface area contributed by atoms with Gasteiger partial charge in [-0.2, -0.15) is 0 Å². The van der Waals surface area contributed by atoms with Crippen molar-refractivity contribution < 1.29 is 4.79 Å². The lowest BCUT2D eigenvalue weighted by atomic mass is 10.0. The van der Waals surface area contributed by atoms with Gasteiger partial charge in [0.05, 0.1) is 5.69 Å². The van der Waals surface area contributed by atoms with Crippen molar-refractivity contribution in [3.05, 3.63) is 53.2 Å². The number of pyridine rings is 1. The van der Waals surface area contributed by atoms with Gasteiger partial charge in [-0.05, 0) is 37.6 Å². The Kier molecular flexibility index (Phi) is 2.63. The number of carbonyl (C=O) groups is 1. The fraction of sp³-hybridized carbons (Fsp3) is 0.133. The third kappa shape index (κ3) is 2.01. The minimum atomic E-state index is -0.172. The summed E-state index contributed by atoms with van der Waals surface area (Å²) in [4.78, 5) is 20.5. The number of fused-ring (bicyclic) bond motifs is 1. The van der Waals surface area contributed by atoms with Crippen LogP contribution in [0.5, 0.6) is 0 Å². The Labute approximate surface area is 111 Å². The predicted molar refractivity (Wildman–Crippen MR) is 75.0 cm³/mol. The van der Waals surface area contributed by atoms with E-state index in [2.05, 4.69) is 15.3 Å². The maximum Gasteiger partial charge on any atom is 0.275 e. The van der Waals surface area contributed by atoms with E-state index in [1.807, 2.05) is 38.1 Å². The standard InChI is InChI=1S/C15H13N3O/c1-9-7-10(2)13-11(8-9)14(15(19)18-13)17-12-5-3-4-6-16-12/h3-8H,1-2H3,(H,16,17,18,19). The van der Waals surface area contributed by atoms with Gasteiger partial charge >= 0.3 is 0 Å². The van der Waals surface area contributed by atoms with Crippen LogP contribution in [0.3, 0.4) is 0 Å². The zero-order chi connectivity index (χ0) is 13.4. The van der Waals surface area contributed by atoms with Crippen molar-refractivity contribution in [1.82, 2.24) is 4.98 Å². The average molecular weight is 251 g/mol. The lowest BCUT2D eigenvalue weighted by Gasteiger charge is -2.04. The summed E-state index contributed by atoms with van der Waals surface area (Å²) in [6.45, 7) is 3.99. The van der Waals surface area contributed by atoms with E-state index in [0.29, 0.717) is 11.5 Å². The molecule has 19 heavy (non-hydrogen) atoms. The summed E-state index contributed by atoms with van der Waals surface area (Å²) in [5, 5.41) is 2.87. The summed E-state index contributed by atoms with van der Waals surface area (Å²) in [7, 11) is 0. The number of carbonyl (C=O) groups excluding carboxylic acids is 1. The van der Waals surface area contributed by atoms with E-state index in [-0.39, 0.29) is 5.91 Å². The predicted octanol–water partition coefficient (Wildman–Crippen LogP) is 2.77. The number of rotatable bonds is 1. The molecule has 1 amide bonds. The Bertz CT molecular complexity index is 690. The average Bonchev–Trinajstić information content (AvgIpc) is 2.69. The molecule has 0 fully saturated rings. The third-order valence-corrected chi connectivity index (χ3v) is 3.06. The molecule has 1 aliphatic rings. The van der Waals surface area contributed by atoms with Gasteiger partial charge in [-0.25, -0.2) is 9.98 Å². The Hall–Kier alpha value is -2.49. The zero-order valence-electron chi connectivity index (χ0n) is 10.8. The lowest BCUT2D eigenvalue weighted by Crippen LogP contribution is -2.14. The summed E-state index contributed by atoms with van der Waals surface area (Å²) in [6, 6.07) is 9.47. The number of aliphatic imine (C=N–C) groups is 1. The Morgan fingerprint density at radius 2 is 2.05 bits per heavy atom. The second-order valence-electron chi connectivity index (χ2n) is 4.61. The summed E-state index contributed by atoms with van der Waals surface area (Å²) in [5.41, 5.74) is 4.30. The molecule has 2 aromatic rings. The summed E-state index contributed by atoms with van der Waals surface area (Å²) < 4.78 is 0. The molecular formula is C15H13N3O. The summed E-state index contributed by atoms with van der Waals surface area (Å²) in [6.07, 6.45) is 1.66. The molecule has 1 aliphatic heterocycles. The first-order chi connectivity index (χ1) is 9.15. The van der Waals surface area contributed by atoms with Gasteiger partial charge in [0.2, 0.25) is 0 Å². The Morgan fingerprint density at radius 1 is 1.21 bits per heavy atom. The van der Waals surface area contributed by atoms with Crippen molar-refractivity contribution in [1.29, 1.82) is 0 Å². The number of aromatic nitrogens is 1. The zero-order valence-corrected chi connectivity index (χ0v) is 10.8. The smallest absolute Gasteiger partial charge is 0.275 e. The van der Waals surface area contributed by atoms with E-state index in [1.165, 1.54) is 0 Å². The van der Waals surface area contributed by atoms with E-state index in [4.69, 9.17) is 0 Å². The van der Waals surface area contributed by atoms with Gasteiger partial charge in [0.25, 0.3) is 5.91 Å². The number of amides is 1. The second-order valence-corrected chi connectivity index (χ2v) is 4.61. The first kappa shape index (κ1) is 11.6. The van der Waals surface area contributed by atoms with Crippen LogP contribution < -0.4 is 5.32 Å². The van der Waals surface area contributed by atoms with Crippen LogP contribution in [-0.2, 0) is 4.79 Å². The van der Waals surface area contributed by atoms with Crippen LogP contribution in [-0.4, -0.2) is 16.6 Å². The molecule has 0 bridgehead atoms. The van der Waals surface area contributed by atoms with Gasteiger partial charge in [-0.1, -0.05) is 17.7 Å². The molecule has 4 heteroatoms. The van der Waals surface area contributed by atoms with Gasteiger partial charge in [0.15, 0.2) is 5.82 Å². The van der Waals surface area contributed by atoms with Crippen LogP contribution in [0.25, 0.3) is 0 Å². The fourth-order valence-electron chi connectivity index (χ4n) is 2.26. The molecule has 1 N–H and O–H groups in total. The number of nitrogens with zero attached hydrogens (tertiary/aromatic N) is 2. The van der Waals surface area contributed by atoms with Gasteiger partial charge in [-0.15, -0.1) is 0 Å². The van der Waals surface area contributed by atoms with Crippen LogP contribution in [0.15, 0.2) is 41.5 Å². The first-order valence-electron chi connectivity index (χ1n) is 6.08. The van der Waals surface area contributed by atoms with Crippen LogP contribution in [0.2, 0.25) is 0 Å². The van der Waals surface area contributed by atoms with E-state index < -0.39 is 0 Å². The Morgan fingerprint density at radius 3 is 2.79 bits per heavy atom. The highest BCUT2D eigenvalue weighted by Crippen LogP contribution is 2.29. The normalized spacial score (nSPS) is 15.5. The van der Waals surface area contributed by atoms with Crippen LogP contribution in [0.4, 0.5) is 11.5 Å². The Balaban J connectivity index is 2.16. The van der Waals surface area contributed by atoms with E-state index in [1.54, 1.807) is 12.3 Å². The van der Waals surface area contributed by atoms with Crippen molar-refractivity contribution in [2.75, 3.05) is 5.32 Å². The number of anilines is 1. The SMILES string of the molecule is Cc1cc(C)c2c(c1)/C(=N\c1ccccn1)C(=O)N2. The van der Waals surface area contributed by atoms with Crippen LogP contribution in [0, 0.1) is 13.8 Å². The molecule has 3 rings (SSSR count). The number of nitrogens with one attached hydrogen (secondary N) is 1. The molecule has 2 heterocycles. The topological polar surface area (TPSA) is 54.4 Å². The number of aryl methyl sites for hydroxylation is 2. The molecule has 0 saturated heterocycles. The van der Waals surface area contributed by atoms with Crippen molar-refractivity contribution in [3.63, 3.8) is 0 Å². The molecule has 0 saturated carbocycles. The van der Waals surface area contributed by atoms with Crippen LogP contribution in [0.1, 0.15) is 16.7 Å². The number of hydrogen-bond acceptors (Lipinski definition) is 3. The van der Waals surface area contributed by atoms with Crippen molar-refractivity contribution in [3.8, 4) is 0 Å². The summed E-state index contributed by atoms with van der Waals surface area (Å²) >= 11 is 0. The molecule has 0 unspecified atom stereocenters. The maximum atomic E-state index is 12.0. The van der Waals surface area contributed by atoms with Crippen molar-refractivity contribution in [2.45, 2.75) is 13.8 Å². The monoisotopic (exact) mass is 251 g/mol. The molecule has 94 valence electrons. The highest BCUT2D eigenvalue weighted by Gasteiger charge is 2.27. The molecule has 0 radical (unpaired) electrons. The van der Waals surface area contributed by atoms with Gasteiger partial charge in [-0.3, -0.25) is 4.79 Å². The third-order valence-electron chi connectivity index (χ3n) is 3.06. The number of hydrogen-bond donors (Lipinski definition) is 1. The van der Waals surface area contributed by atoms with E-state index in [0.717, 1.165) is 22.4 Å². The second kappa shape index (κ2) is 4.31. The fourth-order valence-corrected chi connectivity index (χ4v) is 2.26. The minimum Gasteiger partial charge on any atom is -0.320 e. The molecule has 0 atom stereocenters. The summed E-state index contributed by atoms with van der Waals surface area (Å²) in [5.74, 6) is 0.369. The molecule has 4 nitrogen and oxygen atoms in total. The van der Waals surface area contributed by atoms with Crippen LogP contribution >= 0.6 is 0 Å². The molecule has 1 aromatic carbocycles. The lowest BCUT2D eigenvalue weighted by molar-refractivity contribution is -0.110. The first-order valence-corrected chi connectivity index (χ1v) is 6.08. The highest BCUT2D eigenvalue weighted by molar-refractivity contribution is 6.54. The van der Waals surface area contributed by atoms with Crippen molar-refractivity contribution >= 4 is 23.1 Å². The minimum absolute atomic E-state index is 0.172. The van der Waals surface area contributed by atoms with Gasteiger partial charge < -0.3 is 5.32 Å². The van der Waals surface area contributed by atoms with Crippen molar-refractivity contribution in [2.24, 2.45) is 4.99 Å². The maximum absolute atomic E-state index is 12.0. The molecular weight excluding hydrogens is 238 g/mol. The largest absolute Gasteiger partial charge is 0.320 e. The quantitative estimate of drug-likeness (QED) is 0.847. The highest BCUT2D eigenvalue weighted by atomic mass is 16.2. The van der Waals surface area contributed by atoms with E-state index in [9.17, 15) is 4.79 Å². The van der Waals surface area contributed by atoms with E-state index >= 15 is 0 Å². The molecule has 1 aromatic heterocycles. The van der Waals surface area contributed by atoms with Gasteiger partial charge in [0, 0.05) is 11.8 Å². The van der Waals surface area contributed by atoms with Gasteiger partial charge in [0.1, 0.15) is 5.71 Å². The molecule has 0 spiro atoms.